The molecule has 0 aliphatic rings. The second-order valence-corrected chi connectivity index (χ2v) is 4.62. The third-order valence-corrected chi connectivity index (χ3v) is 3.11. The molecule has 1 aromatic heterocycles. The van der Waals surface area contributed by atoms with E-state index in [1.165, 1.54) is 6.08 Å². The standard InChI is InChI=1S/C12H12FNOS/c1-3-9(13)7-15-10-4-5-12-11(6-10)14-8(2)16-12/h3-6H,7H2,1-2H3/b9-3+. The van der Waals surface area contributed by atoms with Gasteiger partial charge in [-0.3, -0.25) is 0 Å². The molecule has 16 heavy (non-hydrogen) atoms. The molecular weight excluding hydrogens is 225 g/mol. The molecule has 4 heteroatoms. The summed E-state index contributed by atoms with van der Waals surface area (Å²) in [4.78, 5) is 4.35. The fourth-order valence-corrected chi connectivity index (χ4v) is 2.16. The Kier molecular flexibility index (Phi) is 3.19. The quantitative estimate of drug-likeness (QED) is 0.808. The molecule has 0 atom stereocenters. The van der Waals surface area contributed by atoms with Crippen molar-refractivity contribution in [3.8, 4) is 5.75 Å². The first-order chi connectivity index (χ1) is 7.69. The van der Waals surface area contributed by atoms with Crippen molar-refractivity contribution in [1.29, 1.82) is 0 Å². The third kappa shape index (κ3) is 2.39. The van der Waals surface area contributed by atoms with Crippen LogP contribution in [0.1, 0.15) is 11.9 Å². The first kappa shape index (κ1) is 11.1. The van der Waals surface area contributed by atoms with Gasteiger partial charge >= 0.3 is 0 Å². The van der Waals surface area contributed by atoms with Crippen LogP contribution in [-0.4, -0.2) is 11.6 Å². The minimum absolute atomic E-state index is 0.0227. The van der Waals surface area contributed by atoms with Crippen LogP contribution < -0.4 is 4.74 Å². The van der Waals surface area contributed by atoms with E-state index in [0.29, 0.717) is 5.75 Å². The first-order valence-corrected chi connectivity index (χ1v) is 5.81. The van der Waals surface area contributed by atoms with Gasteiger partial charge in [0.2, 0.25) is 0 Å². The van der Waals surface area contributed by atoms with Crippen molar-refractivity contribution in [1.82, 2.24) is 4.98 Å². The average molecular weight is 237 g/mol. The average Bonchev–Trinajstić information content (AvgIpc) is 2.65. The molecule has 0 saturated heterocycles. The van der Waals surface area contributed by atoms with E-state index in [-0.39, 0.29) is 12.4 Å². The predicted molar refractivity (Wildman–Crippen MR) is 64.7 cm³/mol. The van der Waals surface area contributed by atoms with Gasteiger partial charge in [0, 0.05) is 6.07 Å². The van der Waals surface area contributed by atoms with E-state index < -0.39 is 0 Å². The van der Waals surface area contributed by atoms with Crippen molar-refractivity contribution in [2.75, 3.05) is 6.61 Å². The number of hydrogen-bond acceptors (Lipinski definition) is 3. The van der Waals surface area contributed by atoms with E-state index in [1.54, 1.807) is 18.3 Å². The number of rotatable bonds is 3. The number of aryl methyl sites for hydroxylation is 1. The summed E-state index contributed by atoms with van der Waals surface area (Å²) in [5, 5.41) is 1.02. The third-order valence-electron chi connectivity index (χ3n) is 2.16. The number of ether oxygens (including phenoxy) is 1. The molecule has 0 fully saturated rings. The van der Waals surface area contributed by atoms with Crippen LogP contribution in [0.25, 0.3) is 10.2 Å². The van der Waals surface area contributed by atoms with Gasteiger partial charge in [-0.2, -0.15) is 0 Å². The summed E-state index contributed by atoms with van der Waals surface area (Å²) >= 11 is 1.64. The number of fused-ring (bicyclic) bond motifs is 1. The Hall–Kier alpha value is -1.42. The van der Waals surface area contributed by atoms with Crippen molar-refractivity contribution in [3.63, 3.8) is 0 Å². The highest BCUT2D eigenvalue weighted by Gasteiger charge is 2.03. The van der Waals surface area contributed by atoms with Crippen LogP contribution >= 0.6 is 11.3 Å². The van der Waals surface area contributed by atoms with Crippen molar-refractivity contribution in [3.05, 3.63) is 35.1 Å². The number of hydrogen-bond donors (Lipinski definition) is 0. The van der Waals surface area contributed by atoms with Gasteiger partial charge in [-0.1, -0.05) is 6.08 Å². The predicted octanol–water partition coefficient (Wildman–Crippen LogP) is 3.86. The lowest BCUT2D eigenvalue weighted by Crippen LogP contribution is -1.97. The molecule has 0 amide bonds. The lowest BCUT2D eigenvalue weighted by atomic mass is 10.3. The maximum absolute atomic E-state index is 12.9. The van der Waals surface area contributed by atoms with E-state index >= 15 is 0 Å². The van der Waals surface area contributed by atoms with Crippen LogP contribution in [0.4, 0.5) is 4.39 Å². The molecule has 0 unspecified atom stereocenters. The van der Waals surface area contributed by atoms with E-state index in [9.17, 15) is 4.39 Å². The Morgan fingerprint density at radius 2 is 2.38 bits per heavy atom. The number of aromatic nitrogens is 1. The molecule has 0 spiro atoms. The molecule has 0 radical (unpaired) electrons. The number of nitrogens with zero attached hydrogens (tertiary/aromatic N) is 1. The Bertz CT molecular complexity index is 533. The highest BCUT2D eigenvalue weighted by molar-refractivity contribution is 7.18. The Balaban J connectivity index is 2.19. The summed E-state index contributed by atoms with van der Waals surface area (Å²) in [6.45, 7) is 3.58. The molecule has 0 N–H and O–H groups in total. The fourth-order valence-electron chi connectivity index (χ4n) is 1.35. The van der Waals surface area contributed by atoms with Gasteiger partial charge in [0.25, 0.3) is 0 Å². The van der Waals surface area contributed by atoms with Gasteiger partial charge in [-0.05, 0) is 26.0 Å². The normalized spacial score (nSPS) is 12.1. The molecule has 2 rings (SSSR count). The zero-order valence-corrected chi connectivity index (χ0v) is 9.97. The number of allylic oxidation sites excluding steroid dienone is 1. The SMILES string of the molecule is C/C=C(/F)COc1ccc2sc(C)nc2c1. The van der Waals surface area contributed by atoms with Gasteiger partial charge < -0.3 is 4.74 Å². The maximum Gasteiger partial charge on any atom is 0.139 e. The smallest absolute Gasteiger partial charge is 0.139 e. The largest absolute Gasteiger partial charge is 0.486 e. The second kappa shape index (κ2) is 4.61. The highest BCUT2D eigenvalue weighted by atomic mass is 32.1. The van der Waals surface area contributed by atoms with Crippen LogP contribution in [-0.2, 0) is 0 Å². The van der Waals surface area contributed by atoms with E-state index in [1.807, 2.05) is 25.1 Å². The van der Waals surface area contributed by atoms with Crippen LogP contribution in [0, 0.1) is 6.92 Å². The lowest BCUT2D eigenvalue weighted by molar-refractivity contribution is 0.319. The van der Waals surface area contributed by atoms with E-state index in [2.05, 4.69) is 4.98 Å². The zero-order chi connectivity index (χ0) is 11.5. The van der Waals surface area contributed by atoms with Crippen molar-refractivity contribution >= 4 is 21.6 Å². The molecular formula is C12H12FNOS. The molecule has 84 valence electrons. The topological polar surface area (TPSA) is 22.1 Å². The van der Waals surface area contributed by atoms with Crippen LogP contribution in [0.15, 0.2) is 30.1 Å². The Labute approximate surface area is 97.4 Å². The molecule has 1 heterocycles. The van der Waals surface area contributed by atoms with Crippen LogP contribution in [0.2, 0.25) is 0 Å². The molecule has 0 saturated carbocycles. The van der Waals surface area contributed by atoms with Crippen molar-refractivity contribution < 1.29 is 9.13 Å². The summed E-state index contributed by atoms with van der Waals surface area (Å²) < 4.78 is 19.3. The minimum atomic E-state index is -0.269. The van der Waals surface area contributed by atoms with Crippen LogP contribution in [0.3, 0.4) is 0 Å². The summed E-state index contributed by atoms with van der Waals surface area (Å²) in [5.74, 6) is 0.379. The summed E-state index contributed by atoms with van der Waals surface area (Å²) in [6.07, 6.45) is 1.39. The van der Waals surface area contributed by atoms with Gasteiger partial charge in [-0.25, -0.2) is 9.37 Å². The van der Waals surface area contributed by atoms with Crippen LogP contribution in [0.5, 0.6) is 5.75 Å². The zero-order valence-electron chi connectivity index (χ0n) is 9.16. The lowest BCUT2D eigenvalue weighted by Gasteiger charge is -2.03. The summed E-state index contributed by atoms with van der Waals surface area (Å²) in [6, 6.07) is 5.62. The minimum Gasteiger partial charge on any atom is -0.486 e. The van der Waals surface area contributed by atoms with Gasteiger partial charge in [-0.15, -0.1) is 11.3 Å². The summed E-state index contributed by atoms with van der Waals surface area (Å²) in [7, 11) is 0. The van der Waals surface area contributed by atoms with Crippen molar-refractivity contribution in [2.24, 2.45) is 0 Å². The summed E-state index contributed by atoms with van der Waals surface area (Å²) in [5.41, 5.74) is 0.904. The number of halogens is 1. The molecule has 0 aliphatic carbocycles. The van der Waals surface area contributed by atoms with Gasteiger partial charge in [0.15, 0.2) is 0 Å². The van der Waals surface area contributed by atoms with E-state index in [4.69, 9.17) is 4.74 Å². The number of benzene rings is 1. The second-order valence-electron chi connectivity index (χ2n) is 3.39. The maximum atomic E-state index is 12.9. The monoisotopic (exact) mass is 237 g/mol. The molecule has 0 aliphatic heterocycles. The highest BCUT2D eigenvalue weighted by Crippen LogP contribution is 2.25. The Morgan fingerprint density at radius 1 is 1.56 bits per heavy atom. The van der Waals surface area contributed by atoms with E-state index in [0.717, 1.165) is 15.2 Å². The van der Waals surface area contributed by atoms with Crippen molar-refractivity contribution in [2.45, 2.75) is 13.8 Å². The van der Waals surface area contributed by atoms with Gasteiger partial charge in [0.05, 0.1) is 15.2 Å². The molecule has 2 aromatic rings. The molecule has 1 aromatic carbocycles. The molecule has 2 nitrogen and oxygen atoms in total. The molecule has 0 bridgehead atoms. The first-order valence-electron chi connectivity index (χ1n) is 4.99. The number of thiazole rings is 1. The fraction of sp³-hybridized carbons (Fsp3) is 0.250. The van der Waals surface area contributed by atoms with Gasteiger partial charge in [0.1, 0.15) is 18.2 Å². The Morgan fingerprint density at radius 3 is 3.12 bits per heavy atom.